The SMILES string of the molecule is Cc1cccc(C(=O)NN2C[C@@H](C(=O)OCC(=O)Nc3ccc(Cl)c(Cl)c3)CC2=O)c1. The van der Waals surface area contributed by atoms with E-state index in [0.29, 0.717) is 16.3 Å². The van der Waals surface area contributed by atoms with E-state index in [9.17, 15) is 19.2 Å². The molecule has 2 aromatic rings. The lowest BCUT2D eigenvalue weighted by atomic mass is 10.1. The number of amides is 3. The van der Waals surface area contributed by atoms with Gasteiger partial charge in [-0.15, -0.1) is 0 Å². The lowest BCUT2D eigenvalue weighted by Crippen LogP contribution is -2.43. The van der Waals surface area contributed by atoms with Crippen molar-refractivity contribution in [2.24, 2.45) is 5.92 Å². The number of hydrogen-bond acceptors (Lipinski definition) is 5. The summed E-state index contributed by atoms with van der Waals surface area (Å²) < 4.78 is 5.01. The number of carbonyl (C=O) groups excluding carboxylic acids is 4. The fourth-order valence-corrected chi connectivity index (χ4v) is 3.27. The van der Waals surface area contributed by atoms with Crippen molar-refractivity contribution in [2.45, 2.75) is 13.3 Å². The minimum absolute atomic E-state index is 0.0381. The number of ether oxygens (including phenoxy) is 1. The molecule has 162 valence electrons. The third-order valence-electron chi connectivity index (χ3n) is 4.52. The van der Waals surface area contributed by atoms with Crippen LogP contribution in [0.2, 0.25) is 10.0 Å². The number of carbonyl (C=O) groups is 4. The standard InChI is InChI=1S/C21H19Cl2N3O5/c1-12-3-2-4-13(7-12)20(29)25-26-10-14(8-19(26)28)21(30)31-11-18(27)24-15-5-6-16(22)17(23)9-15/h2-7,9,14H,8,10-11H2,1H3,(H,24,27)(H,25,29)/t14-/m0/s1. The van der Waals surface area contributed by atoms with Gasteiger partial charge in [-0.05, 0) is 37.3 Å². The first-order chi connectivity index (χ1) is 14.7. The van der Waals surface area contributed by atoms with Crippen LogP contribution in [0.15, 0.2) is 42.5 Å². The number of anilines is 1. The molecule has 0 aromatic heterocycles. The number of hydrogen-bond donors (Lipinski definition) is 2. The molecule has 1 atom stereocenters. The summed E-state index contributed by atoms with van der Waals surface area (Å²) in [5.41, 5.74) is 4.20. The van der Waals surface area contributed by atoms with Crippen molar-refractivity contribution in [3.63, 3.8) is 0 Å². The smallest absolute Gasteiger partial charge is 0.311 e. The molecule has 0 aliphatic carbocycles. The van der Waals surface area contributed by atoms with E-state index in [4.69, 9.17) is 27.9 Å². The molecular weight excluding hydrogens is 445 g/mol. The van der Waals surface area contributed by atoms with Crippen LogP contribution in [-0.2, 0) is 19.1 Å². The number of aryl methyl sites for hydroxylation is 1. The Morgan fingerprint density at radius 2 is 1.90 bits per heavy atom. The molecule has 2 aromatic carbocycles. The summed E-state index contributed by atoms with van der Waals surface area (Å²) in [6.07, 6.45) is -0.124. The Bertz CT molecular complexity index is 1040. The lowest BCUT2D eigenvalue weighted by Gasteiger charge is -2.17. The van der Waals surface area contributed by atoms with Crippen LogP contribution in [0.1, 0.15) is 22.3 Å². The van der Waals surface area contributed by atoms with E-state index in [-0.39, 0.29) is 18.0 Å². The highest BCUT2D eigenvalue weighted by Crippen LogP contribution is 2.25. The molecular formula is C21H19Cl2N3O5. The van der Waals surface area contributed by atoms with Gasteiger partial charge in [0.05, 0.1) is 22.5 Å². The van der Waals surface area contributed by atoms with E-state index in [1.54, 1.807) is 24.3 Å². The summed E-state index contributed by atoms with van der Waals surface area (Å²) in [7, 11) is 0. The summed E-state index contributed by atoms with van der Waals surface area (Å²) in [5, 5.41) is 4.23. The summed E-state index contributed by atoms with van der Waals surface area (Å²) in [4.78, 5) is 48.7. The van der Waals surface area contributed by atoms with Crippen LogP contribution in [-0.4, -0.2) is 41.9 Å². The van der Waals surface area contributed by atoms with E-state index in [1.165, 1.54) is 12.1 Å². The van der Waals surface area contributed by atoms with Crippen LogP contribution < -0.4 is 10.7 Å². The third kappa shape index (κ3) is 5.96. The molecule has 10 heteroatoms. The fraction of sp³-hybridized carbons (Fsp3) is 0.238. The normalized spacial score (nSPS) is 15.5. The van der Waals surface area contributed by atoms with E-state index in [0.717, 1.165) is 10.6 Å². The molecule has 3 rings (SSSR count). The highest BCUT2D eigenvalue weighted by Gasteiger charge is 2.36. The highest BCUT2D eigenvalue weighted by atomic mass is 35.5. The number of hydrazine groups is 1. The summed E-state index contributed by atoms with van der Waals surface area (Å²) in [6, 6.07) is 11.4. The molecule has 31 heavy (non-hydrogen) atoms. The molecule has 1 fully saturated rings. The zero-order chi connectivity index (χ0) is 22.5. The number of nitrogens with zero attached hydrogens (tertiary/aromatic N) is 1. The maximum atomic E-state index is 12.3. The number of benzene rings is 2. The Balaban J connectivity index is 1.48. The minimum Gasteiger partial charge on any atom is -0.455 e. The molecule has 8 nitrogen and oxygen atoms in total. The Hall–Kier alpha value is -3.10. The number of halogens is 2. The first-order valence-electron chi connectivity index (χ1n) is 9.32. The largest absolute Gasteiger partial charge is 0.455 e. The summed E-state index contributed by atoms with van der Waals surface area (Å²) in [6.45, 7) is 1.28. The van der Waals surface area contributed by atoms with Gasteiger partial charge in [-0.25, -0.2) is 0 Å². The number of rotatable bonds is 6. The van der Waals surface area contributed by atoms with E-state index >= 15 is 0 Å². The second kappa shape index (κ2) is 9.80. The summed E-state index contributed by atoms with van der Waals surface area (Å²) >= 11 is 11.7. The van der Waals surface area contributed by atoms with Crippen molar-refractivity contribution >= 4 is 52.6 Å². The molecule has 3 amide bonds. The third-order valence-corrected chi connectivity index (χ3v) is 5.26. The predicted molar refractivity (Wildman–Crippen MR) is 115 cm³/mol. The second-order valence-corrected chi connectivity index (χ2v) is 7.81. The monoisotopic (exact) mass is 463 g/mol. The van der Waals surface area contributed by atoms with Gasteiger partial charge in [0.15, 0.2) is 6.61 Å². The topological polar surface area (TPSA) is 105 Å². The maximum Gasteiger partial charge on any atom is 0.311 e. The molecule has 0 unspecified atom stereocenters. The van der Waals surface area contributed by atoms with Gasteiger partial charge in [-0.2, -0.15) is 0 Å². The first kappa shape index (κ1) is 22.6. The number of nitrogens with one attached hydrogen (secondary N) is 2. The molecule has 1 saturated heterocycles. The van der Waals surface area contributed by atoms with Crippen LogP contribution in [0, 0.1) is 12.8 Å². The van der Waals surface area contributed by atoms with Crippen LogP contribution in [0.4, 0.5) is 5.69 Å². The van der Waals surface area contributed by atoms with Crippen LogP contribution in [0.5, 0.6) is 0 Å². The van der Waals surface area contributed by atoms with Crippen LogP contribution >= 0.6 is 23.2 Å². The van der Waals surface area contributed by atoms with Crippen molar-refractivity contribution in [2.75, 3.05) is 18.5 Å². The Morgan fingerprint density at radius 3 is 2.61 bits per heavy atom. The van der Waals surface area contributed by atoms with Crippen molar-refractivity contribution in [1.29, 1.82) is 0 Å². The molecule has 1 aliphatic heterocycles. The second-order valence-electron chi connectivity index (χ2n) is 7.00. The van der Waals surface area contributed by atoms with Gasteiger partial charge in [-0.1, -0.05) is 40.9 Å². The molecule has 1 heterocycles. The van der Waals surface area contributed by atoms with Gasteiger partial charge >= 0.3 is 5.97 Å². The average Bonchev–Trinajstić information content (AvgIpc) is 3.09. The molecule has 1 aliphatic rings. The van der Waals surface area contributed by atoms with Gasteiger partial charge < -0.3 is 10.1 Å². The summed E-state index contributed by atoms with van der Waals surface area (Å²) in [5.74, 6) is -2.93. The van der Waals surface area contributed by atoms with Crippen molar-refractivity contribution in [3.8, 4) is 0 Å². The molecule has 0 radical (unpaired) electrons. The molecule has 2 N–H and O–H groups in total. The minimum atomic E-state index is -0.789. The Morgan fingerprint density at radius 1 is 1.13 bits per heavy atom. The first-order valence-corrected chi connectivity index (χ1v) is 10.1. The Labute approximate surface area is 188 Å². The molecule has 0 saturated carbocycles. The fourth-order valence-electron chi connectivity index (χ4n) is 2.97. The molecule has 0 spiro atoms. The van der Waals surface area contributed by atoms with Crippen molar-refractivity contribution < 1.29 is 23.9 Å². The van der Waals surface area contributed by atoms with Gasteiger partial charge in [0.25, 0.3) is 11.8 Å². The van der Waals surface area contributed by atoms with E-state index < -0.39 is 36.2 Å². The maximum absolute atomic E-state index is 12.3. The van der Waals surface area contributed by atoms with E-state index in [2.05, 4.69) is 10.7 Å². The van der Waals surface area contributed by atoms with Gasteiger partial charge in [0.1, 0.15) is 0 Å². The van der Waals surface area contributed by atoms with Crippen molar-refractivity contribution in [3.05, 3.63) is 63.6 Å². The lowest BCUT2D eigenvalue weighted by molar-refractivity contribution is -0.151. The quantitative estimate of drug-likeness (QED) is 0.640. The molecule has 0 bridgehead atoms. The van der Waals surface area contributed by atoms with Crippen LogP contribution in [0.3, 0.4) is 0 Å². The highest BCUT2D eigenvalue weighted by molar-refractivity contribution is 6.42. The zero-order valence-corrected chi connectivity index (χ0v) is 18.0. The van der Waals surface area contributed by atoms with Crippen molar-refractivity contribution in [1.82, 2.24) is 10.4 Å². The Kier molecular flexibility index (Phi) is 7.14. The zero-order valence-electron chi connectivity index (χ0n) is 16.5. The van der Waals surface area contributed by atoms with Gasteiger partial charge in [-0.3, -0.25) is 29.6 Å². The van der Waals surface area contributed by atoms with E-state index in [1.807, 2.05) is 13.0 Å². The van der Waals surface area contributed by atoms with Gasteiger partial charge in [0.2, 0.25) is 5.91 Å². The number of esters is 1. The predicted octanol–water partition coefficient (Wildman–Crippen LogP) is 2.98. The average molecular weight is 464 g/mol. The van der Waals surface area contributed by atoms with Gasteiger partial charge in [0, 0.05) is 17.7 Å². The van der Waals surface area contributed by atoms with Crippen LogP contribution in [0.25, 0.3) is 0 Å².